The molecule has 0 fully saturated rings. The molecule has 9 nitrogen and oxygen atoms in total. The molecule has 0 unspecified atom stereocenters. The minimum Gasteiger partial charge on any atom is -0.465 e. The van der Waals surface area contributed by atoms with Crippen LogP contribution in [0.3, 0.4) is 0 Å². The highest BCUT2D eigenvalue weighted by molar-refractivity contribution is 7.19. The van der Waals surface area contributed by atoms with Gasteiger partial charge in [0.1, 0.15) is 16.4 Å². The predicted octanol–water partition coefficient (Wildman–Crippen LogP) is 5.92. The van der Waals surface area contributed by atoms with Gasteiger partial charge in [0.15, 0.2) is 6.79 Å². The Morgan fingerprint density at radius 2 is 1.95 bits per heavy atom. The van der Waals surface area contributed by atoms with E-state index in [1.54, 1.807) is 17.4 Å². The standard InChI is InChI=1S/C28H37N3O6S/c1-19-15-23-25(17-21(19)29-11-6-13-35-14-12-32)38-26(30-23)10-8-20-7-9-24(36-18-34-5)22(16-20)31-27(33)37-28(2,3)4/h7-10,15-17,29,32H,6,11-14,18H2,1-5H3,(H,31,33)/b10-8+. The van der Waals surface area contributed by atoms with Crippen LogP contribution in [-0.4, -0.2) is 62.1 Å². The van der Waals surface area contributed by atoms with Crippen molar-refractivity contribution in [2.45, 2.75) is 39.7 Å². The minimum absolute atomic E-state index is 0.0452. The van der Waals surface area contributed by atoms with Gasteiger partial charge in [-0.25, -0.2) is 9.78 Å². The Morgan fingerprint density at radius 3 is 2.68 bits per heavy atom. The molecule has 1 heterocycles. The number of aromatic nitrogens is 1. The van der Waals surface area contributed by atoms with E-state index in [1.165, 1.54) is 7.11 Å². The molecular formula is C28H37N3O6S. The van der Waals surface area contributed by atoms with Crippen LogP contribution in [0.5, 0.6) is 5.75 Å². The minimum atomic E-state index is -0.621. The number of fused-ring (bicyclic) bond motifs is 1. The Hall–Kier alpha value is -3.18. The summed E-state index contributed by atoms with van der Waals surface area (Å²) >= 11 is 1.60. The molecule has 0 radical (unpaired) electrons. The predicted molar refractivity (Wildman–Crippen MR) is 153 cm³/mol. The molecule has 1 amide bonds. The van der Waals surface area contributed by atoms with Crippen molar-refractivity contribution < 1.29 is 28.8 Å². The van der Waals surface area contributed by atoms with Crippen molar-refractivity contribution in [1.82, 2.24) is 4.98 Å². The smallest absolute Gasteiger partial charge is 0.412 e. The number of nitrogens with one attached hydrogen (secondary N) is 2. The van der Waals surface area contributed by atoms with Crippen LogP contribution in [0.15, 0.2) is 30.3 Å². The molecule has 0 spiro atoms. The van der Waals surface area contributed by atoms with Crippen LogP contribution >= 0.6 is 11.3 Å². The van der Waals surface area contributed by atoms with Crippen molar-refractivity contribution in [2.24, 2.45) is 0 Å². The Kier molecular flexibility index (Phi) is 10.9. The number of nitrogens with zero attached hydrogens (tertiary/aromatic N) is 1. The number of aliphatic hydroxyl groups is 1. The SMILES string of the molecule is COCOc1ccc(/C=C/c2nc3cc(C)c(NCCCOCCO)cc3s2)cc1NC(=O)OC(C)(C)C. The second kappa shape index (κ2) is 14.1. The lowest BCUT2D eigenvalue weighted by molar-refractivity contribution is 0.0509. The van der Waals surface area contributed by atoms with E-state index in [2.05, 4.69) is 29.7 Å². The van der Waals surface area contributed by atoms with Crippen LogP contribution in [0.25, 0.3) is 22.4 Å². The number of hydrogen-bond donors (Lipinski definition) is 3. The molecule has 0 saturated heterocycles. The molecule has 3 N–H and O–H groups in total. The fourth-order valence-corrected chi connectivity index (χ4v) is 4.39. The highest BCUT2D eigenvalue weighted by Gasteiger charge is 2.18. The number of hydrogen-bond acceptors (Lipinski definition) is 9. The number of methoxy groups -OCH3 is 1. The molecule has 0 aliphatic heterocycles. The molecule has 0 aliphatic rings. The first-order chi connectivity index (χ1) is 18.2. The zero-order valence-electron chi connectivity index (χ0n) is 22.6. The van der Waals surface area contributed by atoms with Gasteiger partial charge in [0.25, 0.3) is 0 Å². The quantitative estimate of drug-likeness (QED) is 0.180. The Bertz CT molecular complexity index is 1240. The molecule has 38 heavy (non-hydrogen) atoms. The van der Waals surface area contributed by atoms with E-state index in [-0.39, 0.29) is 13.4 Å². The van der Waals surface area contributed by atoms with Crippen LogP contribution in [0.2, 0.25) is 0 Å². The number of thiazole rings is 1. The van der Waals surface area contributed by atoms with E-state index in [4.69, 9.17) is 29.0 Å². The molecule has 0 bridgehead atoms. The van der Waals surface area contributed by atoms with Gasteiger partial charge in [-0.3, -0.25) is 5.32 Å². The molecule has 2 aromatic carbocycles. The highest BCUT2D eigenvalue weighted by Crippen LogP contribution is 2.31. The fraction of sp³-hybridized carbons (Fsp3) is 0.429. The monoisotopic (exact) mass is 543 g/mol. The molecule has 0 saturated carbocycles. The third-order valence-electron chi connectivity index (χ3n) is 5.16. The van der Waals surface area contributed by atoms with Gasteiger partial charge >= 0.3 is 6.09 Å². The number of benzene rings is 2. The number of rotatable bonds is 13. The fourth-order valence-electron chi connectivity index (χ4n) is 3.50. The maximum Gasteiger partial charge on any atom is 0.412 e. The Morgan fingerprint density at radius 1 is 1.13 bits per heavy atom. The van der Waals surface area contributed by atoms with E-state index in [1.807, 2.05) is 45.1 Å². The molecule has 1 aromatic heterocycles. The van der Waals surface area contributed by atoms with Gasteiger partial charge in [-0.15, -0.1) is 11.3 Å². The molecule has 10 heteroatoms. The van der Waals surface area contributed by atoms with E-state index in [0.717, 1.165) is 45.0 Å². The summed E-state index contributed by atoms with van der Waals surface area (Å²) in [5.41, 5.74) is 3.87. The lowest BCUT2D eigenvalue weighted by Gasteiger charge is -2.20. The number of carbonyl (C=O) groups excluding carboxylic acids is 1. The van der Waals surface area contributed by atoms with Gasteiger partial charge < -0.3 is 29.4 Å². The number of aliphatic hydroxyl groups excluding tert-OH is 1. The molecule has 0 atom stereocenters. The Balaban J connectivity index is 1.72. The summed E-state index contributed by atoms with van der Waals surface area (Å²) in [7, 11) is 1.53. The van der Waals surface area contributed by atoms with Crippen molar-refractivity contribution in [3.63, 3.8) is 0 Å². The Labute approximate surface area is 227 Å². The van der Waals surface area contributed by atoms with Crippen molar-refractivity contribution in [1.29, 1.82) is 0 Å². The van der Waals surface area contributed by atoms with Crippen LogP contribution in [0, 0.1) is 6.92 Å². The largest absolute Gasteiger partial charge is 0.465 e. The topological polar surface area (TPSA) is 111 Å². The van der Waals surface area contributed by atoms with Crippen LogP contribution < -0.4 is 15.4 Å². The number of anilines is 2. The molecule has 206 valence electrons. The van der Waals surface area contributed by atoms with E-state index in [0.29, 0.717) is 24.7 Å². The maximum atomic E-state index is 12.4. The van der Waals surface area contributed by atoms with Gasteiger partial charge in [-0.1, -0.05) is 12.1 Å². The number of aryl methyl sites for hydroxylation is 1. The van der Waals surface area contributed by atoms with E-state index >= 15 is 0 Å². The van der Waals surface area contributed by atoms with Gasteiger partial charge in [0, 0.05) is 25.9 Å². The number of carbonyl (C=O) groups is 1. The average Bonchev–Trinajstić information content (AvgIpc) is 3.24. The summed E-state index contributed by atoms with van der Waals surface area (Å²) in [5.74, 6) is 0.477. The second-order valence-electron chi connectivity index (χ2n) is 9.57. The first kappa shape index (κ1) is 29.4. The maximum absolute atomic E-state index is 12.4. The summed E-state index contributed by atoms with van der Waals surface area (Å²) in [5, 5.41) is 15.9. The van der Waals surface area contributed by atoms with Crippen molar-refractivity contribution in [3.05, 3.63) is 46.5 Å². The number of amides is 1. The molecule has 0 aliphatic carbocycles. The summed E-state index contributed by atoms with van der Waals surface area (Å²) in [6.45, 7) is 9.35. The molecule has 3 aromatic rings. The van der Waals surface area contributed by atoms with Gasteiger partial charge in [-0.05, 0) is 75.6 Å². The van der Waals surface area contributed by atoms with Crippen LogP contribution in [-0.2, 0) is 14.2 Å². The average molecular weight is 544 g/mol. The van der Waals surface area contributed by atoms with Gasteiger partial charge in [0.05, 0.1) is 29.1 Å². The molecule has 3 rings (SSSR count). The van der Waals surface area contributed by atoms with Gasteiger partial charge in [-0.2, -0.15) is 0 Å². The first-order valence-electron chi connectivity index (χ1n) is 12.5. The van der Waals surface area contributed by atoms with Crippen molar-refractivity contribution in [2.75, 3.05) is 50.9 Å². The molecular weight excluding hydrogens is 506 g/mol. The first-order valence-corrected chi connectivity index (χ1v) is 13.3. The summed E-state index contributed by atoms with van der Waals surface area (Å²) < 4.78 is 22.4. The summed E-state index contributed by atoms with van der Waals surface area (Å²) in [4.78, 5) is 17.1. The summed E-state index contributed by atoms with van der Waals surface area (Å²) in [6, 6.07) is 9.69. The van der Waals surface area contributed by atoms with Crippen molar-refractivity contribution >= 4 is 51.2 Å². The summed E-state index contributed by atoms with van der Waals surface area (Å²) in [6.07, 6.45) is 4.18. The van der Waals surface area contributed by atoms with Crippen LogP contribution in [0.4, 0.5) is 16.2 Å². The van der Waals surface area contributed by atoms with Crippen molar-refractivity contribution in [3.8, 4) is 5.75 Å². The third-order valence-corrected chi connectivity index (χ3v) is 6.14. The van der Waals surface area contributed by atoms with E-state index in [9.17, 15) is 4.79 Å². The second-order valence-corrected chi connectivity index (χ2v) is 10.6. The lowest BCUT2D eigenvalue weighted by atomic mass is 10.1. The lowest BCUT2D eigenvalue weighted by Crippen LogP contribution is -2.27. The van der Waals surface area contributed by atoms with Gasteiger partial charge in [0.2, 0.25) is 0 Å². The zero-order chi connectivity index (χ0) is 27.5. The van der Waals surface area contributed by atoms with Crippen LogP contribution in [0.1, 0.15) is 43.3 Å². The number of ether oxygens (including phenoxy) is 4. The zero-order valence-corrected chi connectivity index (χ0v) is 23.4. The third kappa shape index (κ3) is 9.29. The normalized spacial score (nSPS) is 11.7. The van der Waals surface area contributed by atoms with E-state index < -0.39 is 11.7 Å². The highest BCUT2D eigenvalue weighted by atomic mass is 32.1.